The second-order valence-corrected chi connectivity index (χ2v) is 9.89. The number of anilines is 1. The van der Waals surface area contributed by atoms with E-state index in [1.807, 2.05) is 0 Å². The van der Waals surface area contributed by atoms with Gasteiger partial charge in [0.25, 0.3) is 5.91 Å². The summed E-state index contributed by atoms with van der Waals surface area (Å²) in [5.41, 5.74) is -0.605. The number of pyridine rings is 1. The maximum atomic E-state index is 13.8. The molecule has 2 amide bonds. The van der Waals surface area contributed by atoms with Crippen molar-refractivity contribution in [2.24, 2.45) is 5.41 Å². The number of carbonyl (C=O) groups is 3. The zero-order valence-electron chi connectivity index (χ0n) is 21.8. The molecule has 40 heavy (non-hydrogen) atoms. The van der Waals surface area contributed by atoms with E-state index in [4.69, 9.17) is 21.4 Å². The number of nitrogens with one attached hydrogen (secondary N) is 2. The number of fused-ring (bicyclic) bond motifs is 1. The Morgan fingerprint density at radius 2 is 1.90 bits per heavy atom. The summed E-state index contributed by atoms with van der Waals surface area (Å²) in [5.74, 6) is -1.89. The lowest BCUT2D eigenvalue weighted by atomic mass is 9.77. The van der Waals surface area contributed by atoms with E-state index in [2.05, 4.69) is 15.6 Å². The molecule has 2 atom stereocenters. The number of aryl methyl sites for hydroxylation is 1. The summed E-state index contributed by atoms with van der Waals surface area (Å²) >= 11 is 6.01. The first-order valence-electron chi connectivity index (χ1n) is 12.5. The molecular formula is C28H30ClF2N3O6. The van der Waals surface area contributed by atoms with E-state index in [-0.39, 0.29) is 55.5 Å². The third kappa shape index (κ3) is 8.41. The van der Waals surface area contributed by atoms with Crippen LogP contribution in [0.25, 0.3) is 10.8 Å². The van der Waals surface area contributed by atoms with Crippen LogP contribution in [0.4, 0.5) is 19.4 Å². The lowest BCUT2D eigenvalue weighted by Crippen LogP contribution is -2.40. The molecule has 0 aliphatic heterocycles. The predicted molar refractivity (Wildman–Crippen MR) is 145 cm³/mol. The van der Waals surface area contributed by atoms with E-state index in [1.54, 1.807) is 19.1 Å². The van der Waals surface area contributed by atoms with Crippen LogP contribution < -0.4 is 10.6 Å². The Balaban J connectivity index is 1.62. The quantitative estimate of drug-likeness (QED) is 0.239. The van der Waals surface area contributed by atoms with Gasteiger partial charge in [-0.05, 0) is 60.5 Å². The molecule has 1 aromatic heterocycles. The van der Waals surface area contributed by atoms with Gasteiger partial charge in [0.2, 0.25) is 0 Å². The summed E-state index contributed by atoms with van der Waals surface area (Å²) in [6.07, 6.45) is -0.534. The van der Waals surface area contributed by atoms with Gasteiger partial charge in [-0.1, -0.05) is 30.7 Å². The van der Waals surface area contributed by atoms with Crippen molar-refractivity contribution in [3.8, 4) is 0 Å². The molecule has 0 aliphatic rings. The number of hydrogen-bond donors (Lipinski definition) is 4. The number of hydrogen-bond acceptors (Lipinski definition) is 7. The molecule has 3 rings (SSSR count). The van der Waals surface area contributed by atoms with Crippen molar-refractivity contribution in [3.63, 3.8) is 0 Å². The van der Waals surface area contributed by atoms with Gasteiger partial charge in [-0.15, -0.1) is 0 Å². The minimum absolute atomic E-state index is 0.00260. The summed E-state index contributed by atoms with van der Waals surface area (Å²) < 4.78 is 32.6. The van der Waals surface area contributed by atoms with E-state index in [0.29, 0.717) is 16.3 Å². The number of ketones is 1. The summed E-state index contributed by atoms with van der Waals surface area (Å²) in [5, 5.41) is 24.5. The zero-order valence-corrected chi connectivity index (χ0v) is 22.5. The first kappa shape index (κ1) is 30.9. The number of ether oxygens (including phenoxy) is 1. The van der Waals surface area contributed by atoms with E-state index >= 15 is 0 Å². The molecule has 0 radical (unpaired) electrons. The zero-order chi connectivity index (χ0) is 29.3. The van der Waals surface area contributed by atoms with E-state index in [1.165, 1.54) is 36.5 Å². The Bertz CT molecular complexity index is 1380. The van der Waals surface area contributed by atoms with Gasteiger partial charge in [-0.2, -0.15) is 0 Å². The first-order chi connectivity index (χ1) is 19.0. The van der Waals surface area contributed by atoms with Gasteiger partial charge in [-0.25, -0.2) is 18.6 Å². The van der Waals surface area contributed by atoms with Crippen molar-refractivity contribution in [2.75, 3.05) is 25.1 Å². The summed E-state index contributed by atoms with van der Waals surface area (Å²) in [4.78, 5) is 41.6. The van der Waals surface area contributed by atoms with Crippen LogP contribution in [0.3, 0.4) is 0 Å². The van der Waals surface area contributed by atoms with E-state index in [0.717, 1.165) is 0 Å². The van der Waals surface area contributed by atoms with Crippen LogP contribution in [0.2, 0.25) is 5.02 Å². The number of aromatic nitrogens is 1. The Labute approximate surface area is 234 Å². The van der Waals surface area contributed by atoms with Crippen LogP contribution in [0.15, 0.2) is 48.7 Å². The molecule has 0 spiro atoms. The van der Waals surface area contributed by atoms with Crippen LogP contribution in [0.1, 0.15) is 31.7 Å². The van der Waals surface area contributed by atoms with E-state index < -0.39 is 41.8 Å². The van der Waals surface area contributed by atoms with Crippen molar-refractivity contribution in [1.29, 1.82) is 0 Å². The van der Waals surface area contributed by atoms with Crippen molar-refractivity contribution >= 4 is 46.0 Å². The minimum Gasteiger partial charge on any atom is -0.449 e. The third-order valence-electron chi connectivity index (χ3n) is 6.58. The average molecular weight is 578 g/mol. The average Bonchev–Trinajstić information content (AvgIpc) is 2.92. The SMILES string of the molecule is CC(CCNC(=O)C(O)CO)(CCOC(=O)Nc1cc2cc(F)ccc2cn1)C(=O)CCc1cccc(F)c1Cl. The van der Waals surface area contributed by atoms with Crippen molar-refractivity contribution in [3.05, 3.63) is 70.9 Å². The fraction of sp³-hybridized carbons (Fsp3) is 0.357. The third-order valence-corrected chi connectivity index (χ3v) is 7.00. The molecular weight excluding hydrogens is 548 g/mol. The van der Waals surface area contributed by atoms with Crippen molar-refractivity contribution < 1.29 is 38.1 Å². The number of amides is 2. The number of Topliss-reactive ketones (excluding diaryl/α,β-unsaturated/α-hetero) is 1. The molecule has 0 saturated carbocycles. The van der Waals surface area contributed by atoms with Crippen LogP contribution >= 0.6 is 11.6 Å². The molecule has 2 aromatic carbocycles. The number of aliphatic hydroxyl groups is 2. The number of nitrogens with zero attached hydrogens (tertiary/aromatic N) is 1. The molecule has 0 saturated heterocycles. The monoisotopic (exact) mass is 577 g/mol. The van der Waals surface area contributed by atoms with Crippen LogP contribution in [0, 0.1) is 17.0 Å². The predicted octanol–water partition coefficient (Wildman–Crippen LogP) is 4.17. The molecule has 12 heteroatoms. The Hall–Kier alpha value is -3.67. The van der Waals surface area contributed by atoms with Gasteiger partial charge in [-0.3, -0.25) is 14.9 Å². The highest BCUT2D eigenvalue weighted by Crippen LogP contribution is 2.30. The number of aliphatic hydroxyl groups excluding tert-OH is 2. The van der Waals surface area contributed by atoms with Gasteiger partial charge in [0.1, 0.15) is 23.2 Å². The molecule has 3 aromatic rings. The number of benzene rings is 2. The molecule has 2 unspecified atom stereocenters. The molecule has 9 nitrogen and oxygen atoms in total. The number of carbonyl (C=O) groups excluding carboxylic acids is 3. The molecule has 0 bridgehead atoms. The topological polar surface area (TPSA) is 138 Å². The number of rotatable bonds is 13. The Morgan fingerprint density at radius 1 is 1.12 bits per heavy atom. The maximum Gasteiger partial charge on any atom is 0.412 e. The summed E-state index contributed by atoms with van der Waals surface area (Å²) in [6.45, 7) is 0.741. The molecule has 1 heterocycles. The lowest BCUT2D eigenvalue weighted by Gasteiger charge is -2.28. The van der Waals surface area contributed by atoms with Crippen LogP contribution in [0.5, 0.6) is 0 Å². The second kappa shape index (κ2) is 14.1. The van der Waals surface area contributed by atoms with Gasteiger partial charge in [0, 0.05) is 30.0 Å². The highest BCUT2D eigenvalue weighted by Gasteiger charge is 2.33. The highest BCUT2D eigenvalue weighted by molar-refractivity contribution is 6.31. The Morgan fingerprint density at radius 3 is 2.65 bits per heavy atom. The summed E-state index contributed by atoms with van der Waals surface area (Å²) in [7, 11) is 0. The standard InChI is InChI=1S/C28H30ClF2N3O6/c1-28(9-11-32-26(38)22(36)16-35,23(37)8-6-17-3-2-4-21(31)25(17)29)10-12-40-27(39)34-24-14-19-13-20(30)7-5-18(19)15-33-24/h2-5,7,13-15,22,35-36H,6,8-12,16H2,1H3,(H,32,38)(H,33,34,39). The van der Waals surface area contributed by atoms with Gasteiger partial charge in [0.05, 0.1) is 18.2 Å². The van der Waals surface area contributed by atoms with Gasteiger partial charge in [0.15, 0.2) is 6.10 Å². The lowest BCUT2D eigenvalue weighted by molar-refractivity contribution is -0.132. The molecule has 0 fully saturated rings. The van der Waals surface area contributed by atoms with Gasteiger partial charge < -0.3 is 20.3 Å². The van der Waals surface area contributed by atoms with Crippen LogP contribution in [-0.2, 0) is 20.7 Å². The highest BCUT2D eigenvalue weighted by atomic mass is 35.5. The Kier molecular flexibility index (Phi) is 10.9. The van der Waals surface area contributed by atoms with Crippen molar-refractivity contribution in [2.45, 2.75) is 38.7 Å². The molecule has 214 valence electrons. The van der Waals surface area contributed by atoms with Crippen LogP contribution in [-0.4, -0.2) is 58.8 Å². The first-order valence-corrected chi connectivity index (χ1v) is 12.9. The molecule has 0 aliphatic carbocycles. The van der Waals surface area contributed by atoms with Gasteiger partial charge >= 0.3 is 6.09 Å². The fourth-order valence-electron chi connectivity index (χ4n) is 4.05. The maximum absolute atomic E-state index is 13.8. The smallest absolute Gasteiger partial charge is 0.412 e. The number of halogens is 3. The minimum atomic E-state index is -1.59. The van der Waals surface area contributed by atoms with Crippen molar-refractivity contribution in [1.82, 2.24) is 10.3 Å². The van der Waals surface area contributed by atoms with E-state index in [9.17, 15) is 28.3 Å². The fourth-order valence-corrected chi connectivity index (χ4v) is 4.27. The molecule has 4 N–H and O–H groups in total. The largest absolute Gasteiger partial charge is 0.449 e. The second-order valence-electron chi connectivity index (χ2n) is 9.51. The summed E-state index contributed by atoms with van der Waals surface area (Å²) in [6, 6.07) is 10.00. The normalized spacial score (nSPS) is 13.3.